The van der Waals surface area contributed by atoms with Crippen molar-refractivity contribution < 1.29 is 4.74 Å². The number of imidazole rings is 1. The lowest BCUT2D eigenvalue weighted by molar-refractivity contribution is 0.190. The first-order valence-corrected chi connectivity index (χ1v) is 7.74. The van der Waals surface area contributed by atoms with E-state index in [-0.39, 0.29) is 0 Å². The highest BCUT2D eigenvalue weighted by Crippen LogP contribution is 2.19. The number of piperidine rings is 1. The standard InChI is InChI=1S/C15H28N4O/c1-4-13-12-19(9-6-10-20-3)15(17-13)18(2)14-7-5-8-16-11-14/h12,14,16H,4-11H2,1-3H3. The number of ether oxygens (including phenoxy) is 1. The number of anilines is 1. The fourth-order valence-electron chi connectivity index (χ4n) is 2.78. The van der Waals surface area contributed by atoms with Gasteiger partial charge in [-0.2, -0.15) is 0 Å². The van der Waals surface area contributed by atoms with Crippen LogP contribution in [0.3, 0.4) is 0 Å². The van der Waals surface area contributed by atoms with E-state index in [0.29, 0.717) is 6.04 Å². The van der Waals surface area contributed by atoms with E-state index in [0.717, 1.165) is 45.0 Å². The van der Waals surface area contributed by atoms with Crippen LogP contribution in [0.5, 0.6) is 0 Å². The van der Waals surface area contributed by atoms with E-state index in [1.165, 1.54) is 18.5 Å². The summed E-state index contributed by atoms with van der Waals surface area (Å²) in [7, 11) is 3.93. The second-order valence-corrected chi connectivity index (χ2v) is 5.54. The number of nitrogens with zero attached hydrogens (tertiary/aromatic N) is 3. The minimum absolute atomic E-state index is 0.553. The molecule has 1 aliphatic rings. The molecule has 1 fully saturated rings. The number of likely N-dealkylation sites (N-methyl/N-ethyl adjacent to an activating group) is 1. The molecule has 1 unspecified atom stereocenters. The Morgan fingerprint density at radius 2 is 2.40 bits per heavy atom. The molecule has 0 saturated carbocycles. The van der Waals surface area contributed by atoms with Crippen molar-refractivity contribution in [2.75, 3.05) is 38.8 Å². The van der Waals surface area contributed by atoms with Gasteiger partial charge >= 0.3 is 0 Å². The summed E-state index contributed by atoms with van der Waals surface area (Å²) >= 11 is 0. The third-order valence-corrected chi connectivity index (χ3v) is 4.05. The summed E-state index contributed by atoms with van der Waals surface area (Å²) in [5.74, 6) is 1.10. The minimum Gasteiger partial charge on any atom is -0.385 e. The Hall–Kier alpha value is -1.07. The first-order valence-electron chi connectivity index (χ1n) is 7.74. The number of aromatic nitrogens is 2. The van der Waals surface area contributed by atoms with Crippen molar-refractivity contribution in [1.82, 2.24) is 14.9 Å². The highest BCUT2D eigenvalue weighted by Gasteiger charge is 2.21. The Morgan fingerprint density at radius 1 is 1.55 bits per heavy atom. The van der Waals surface area contributed by atoms with E-state index < -0.39 is 0 Å². The SMILES string of the molecule is CCc1cn(CCCOC)c(N(C)C2CCCNC2)n1. The summed E-state index contributed by atoms with van der Waals surface area (Å²) in [4.78, 5) is 7.15. The highest BCUT2D eigenvalue weighted by atomic mass is 16.5. The molecule has 114 valence electrons. The quantitative estimate of drug-likeness (QED) is 0.772. The first-order chi connectivity index (χ1) is 9.76. The summed E-state index contributed by atoms with van der Waals surface area (Å²) in [6.07, 6.45) is 6.70. The third-order valence-electron chi connectivity index (χ3n) is 4.05. The molecule has 1 saturated heterocycles. The van der Waals surface area contributed by atoms with Gasteiger partial charge in [0, 0.05) is 46.1 Å². The Labute approximate surface area is 122 Å². The highest BCUT2D eigenvalue weighted by molar-refractivity contribution is 5.34. The molecule has 0 amide bonds. The van der Waals surface area contributed by atoms with Gasteiger partial charge in [0.15, 0.2) is 0 Å². The van der Waals surface area contributed by atoms with Crippen molar-refractivity contribution >= 4 is 5.95 Å². The number of hydrogen-bond acceptors (Lipinski definition) is 4. The maximum absolute atomic E-state index is 5.16. The molecule has 0 aromatic carbocycles. The molecule has 2 heterocycles. The third kappa shape index (κ3) is 3.73. The van der Waals surface area contributed by atoms with Crippen LogP contribution in [0.1, 0.15) is 31.9 Å². The minimum atomic E-state index is 0.553. The first kappa shape index (κ1) is 15.3. The number of rotatable bonds is 7. The topological polar surface area (TPSA) is 42.3 Å². The smallest absolute Gasteiger partial charge is 0.205 e. The Morgan fingerprint density at radius 3 is 3.05 bits per heavy atom. The average Bonchev–Trinajstić information content (AvgIpc) is 2.91. The van der Waals surface area contributed by atoms with Gasteiger partial charge in [-0.15, -0.1) is 0 Å². The van der Waals surface area contributed by atoms with Crippen LogP contribution in [0.15, 0.2) is 6.20 Å². The second kappa shape index (κ2) is 7.64. The normalized spacial score (nSPS) is 19.2. The monoisotopic (exact) mass is 280 g/mol. The molecule has 2 rings (SSSR count). The number of nitrogens with one attached hydrogen (secondary N) is 1. The van der Waals surface area contributed by atoms with Gasteiger partial charge in [0.25, 0.3) is 0 Å². The van der Waals surface area contributed by atoms with Gasteiger partial charge in [0.2, 0.25) is 5.95 Å². The van der Waals surface area contributed by atoms with Gasteiger partial charge in [-0.05, 0) is 32.2 Å². The van der Waals surface area contributed by atoms with Crippen molar-refractivity contribution in [3.05, 3.63) is 11.9 Å². The van der Waals surface area contributed by atoms with Crippen molar-refractivity contribution in [1.29, 1.82) is 0 Å². The van der Waals surface area contributed by atoms with Gasteiger partial charge in [0.1, 0.15) is 0 Å². The van der Waals surface area contributed by atoms with Crippen LogP contribution in [0.25, 0.3) is 0 Å². The van der Waals surface area contributed by atoms with E-state index in [2.05, 4.69) is 35.0 Å². The zero-order chi connectivity index (χ0) is 14.4. The molecule has 0 radical (unpaired) electrons. The molecule has 5 heteroatoms. The zero-order valence-corrected chi connectivity index (χ0v) is 13.1. The molecule has 5 nitrogen and oxygen atoms in total. The maximum Gasteiger partial charge on any atom is 0.205 e. The molecule has 1 atom stereocenters. The van der Waals surface area contributed by atoms with Gasteiger partial charge < -0.3 is 19.5 Å². The molecule has 1 aromatic rings. The molecule has 0 bridgehead atoms. The summed E-state index contributed by atoms with van der Waals surface area (Å²) < 4.78 is 7.44. The van der Waals surface area contributed by atoms with E-state index in [1.54, 1.807) is 7.11 Å². The summed E-state index contributed by atoms with van der Waals surface area (Å²) in [5, 5.41) is 3.48. The van der Waals surface area contributed by atoms with Crippen molar-refractivity contribution in [2.45, 2.75) is 45.2 Å². The summed E-state index contributed by atoms with van der Waals surface area (Å²) in [5.41, 5.74) is 1.17. The van der Waals surface area contributed by atoms with Gasteiger partial charge in [-0.3, -0.25) is 0 Å². The maximum atomic E-state index is 5.16. The van der Waals surface area contributed by atoms with Crippen LogP contribution in [-0.4, -0.2) is 49.4 Å². The summed E-state index contributed by atoms with van der Waals surface area (Å²) in [6, 6.07) is 0.553. The van der Waals surface area contributed by atoms with E-state index >= 15 is 0 Å². The van der Waals surface area contributed by atoms with Crippen LogP contribution in [0.2, 0.25) is 0 Å². The predicted octanol–water partition coefficient (Wildman–Crippen LogP) is 1.67. The number of methoxy groups -OCH3 is 1. The molecule has 1 aliphatic heterocycles. The zero-order valence-electron chi connectivity index (χ0n) is 13.1. The van der Waals surface area contributed by atoms with E-state index in [4.69, 9.17) is 9.72 Å². The molecular weight excluding hydrogens is 252 g/mol. The molecule has 0 spiro atoms. The second-order valence-electron chi connectivity index (χ2n) is 5.54. The fourth-order valence-corrected chi connectivity index (χ4v) is 2.78. The van der Waals surface area contributed by atoms with E-state index in [1.807, 2.05) is 0 Å². The van der Waals surface area contributed by atoms with Crippen LogP contribution < -0.4 is 10.2 Å². The molecule has 20 heavy (non-hydrogen) atoms. The molecular formula is C15H28N4O. The Bertz CT molecular complexity index is 399. The number of hydrogen-bond donors (Lipinski definition) is 1. The average molecular weight is 280 g/mol. The fraction of sp³-hybridized carbons (Fsp3) is 0.800. The van der Waals surface area contributed by atoms with Gasteiger partial charge in [-0.1, -0.05) is 6.92 Å². The Kier molecular flexibility index (Phi) is 5.86. The predicted molar refractivity (Wildman–Crippen MR) is 82.4 cm³/mol. The molecule has 0 aliphatic carbocycles. The van der Waals surface area contributed by atoms with Crippen molar-refractivity contribution in [3.8, 4) is 0 Å². The lowest BCUT2D eigenvalue weighted by Crippen LogP contribution is -2.45. The molecule has 1 N–H and O–H groups in total. The van der Waals surface area contributed by atoms with Crippen LogP contribution >= 0.6 is 0 Å². The Balaban J connectivity index is 2.08. The van der Waals surface area contributed by atoms with E-state index in [9.17, 15) is 0 Å². The lowest BCUT2D eigenvalue weighted by Gasteiger charge is -2.32. The van der Waals surface area contributed by atoms with Crippen LogP contribution in [0, 0.1) is 0 Å². The lowest BCUT2D eigenvalue weighted by atomic mass is 10.1. The van der Waals surface area contributed by atoms with Gasteiger partial charge in [0.05, 0.1) is 5.69 Å². The number of aryl methyl sites for hydroxylation is 2. The molecule has 1 aromatic heterocycles. The van der Waals surface area contributed by atoms with Crippen molar-refractivity contribution in [2.24, 2.45) is 0 Å². The van der Waals surface area contributed by atoms with Crippen molar-refractivity contribution in [3.63, 3.8) is 0 Å². The summed E-state index contributed by atoms with van der Waals surface area (Å²) in [6.45, 7) is 6.14. The largest absolute Gasteiger partial charge is 0.385 e. The van der Waals surface area contributed by atoms with Crippen LogP contribution in [-0.2, 0) is 17.7 Å². The van der Waals surface area contributed by atoms with Crippen LogP contribution in [0.4, 0.5) is 5.95 Å². The van der Waals surface area contributed by atoms with Gasteiger partial charge in [-0.25, -0.2) is 4.98 Å².